The highest BCUT2D eigenvalue weighted by atomic mass is 15.1. The average molecular weight is 233 g/mol. The molecule has 2 N–H and O–H groups in total. The summed E-state index contributed by atoms with van der Waals surface area (Å²) in [6.07, 6.45) is 6.79. The summed E-state index contributed by atoms with van der Waals surface area (Å²) in [6, 6.07) is 0. The van der Waals surface area contributed by atoms with Gasteiger partial charge in [0.1, 0.15) is 5.82 Å². The Bertz CT molecular complexity index is 491. The third-order valence-corrected chi connectivity index (χ3v) is 2.95. The number of anilines is 2. The van der Waals surface area contributed by atoms with Crippen LogP contribution in [-0.2, 0) is 0 Å². The first kappa shape index (κ1) is 11.7. The van der Waals surface area contributed by atoms with Gasteiger partial charge in [-0.25, -0.2) is 9.97 Å². The minimum atomic E-state index is 0.630. The van der Waals surface area contributed by atoms with Crippen LogP contribution in [0, 0.1) is 5.92 Å². The van der Waals surface area contributed by atoms with Gasteiger partial charge in [0.2, 0.25) is 0 Å². The fourth-order valence-electron chi connectivity index (χ4n) is 1.59. The highest BCUT2D eigenvalue weighted by Crippen LogP contribution is 2.16. The predicted molar refractivity (Wildman–Crippen MR) is 70.5 cm³/mol. The zero-order valence-corrected chi connectivity index (χ0v) is 10.6. The lowest BCUT2D eigenvalue weighted by Crippen LogP contribution is -2.13. The van der Waals surface area contributed by atoms with E-state index in [0.29, 0.717) is 5.92 Å². The Hall–Kier alpha value is -1.78. The van der Waals surface area contributed by atoms with Crippen molar-refractivity contribution in [2.24, 2.45) is 5.92 Å². The van der Waals surface area contributed by atoms with Gasteiger partial charge in [-0.1, -0.05) is 20.3 Å². The van der Waals surface area contributed by atoms with Crippen molar-refractivity contribution in [2.75, 3.05) is 24.2 Å². The number of fused-ring (bicyclic) bond motifs is 1. The van der Waals surface area contributed by atoms with Crippen LogP contribution in [0.5, 0.6) is 0 Å². The van der Waals surface area contributed by atoms with Crippen LogP contribution in [-0.4, -0.2) is 28.0 Å². The van der Waals surface area contributed by atoms with Gasteiger partial charge in [-0.05, 0) is 5.92 Å². The van der Waals surface area contributed by atoms with Crippen molar-refractivity contribution in [1.82, 2.24) is 14.4 Å². The lowest BCUT2D eigenvalue weighted by Gasteiger charge is -2.12. The lowest BCUT2D eigenvalue weighted by atomic mass is 10.1. The van der Waals surface area contributed by atoms with Crippen molar-refractivity contribution in [3.63, 3.8) is 0 Å². The molecule has 0 aromatic carbocycles. The van der Waals surface area contributed by atoms with Crippen molar-refractivity contribution in [3.8, 4) is 0 Å². The molecular formula is C12H19N5. The van der Waals surface area contributed by atoms with Crippen molar-refractivity contribution >= 4 is 17.3 Å². The summed E-state index contributed by atoms with van der Waals surface area (Å²) >= 11 is 0. The summed E-state index contributed by atoms with van der Waals surface area (Å²) in [5.74, 6) is 2.30. The Morgan fingerprint density at radius 1 is 1.47 bits per heavy atom. The van der Waals surface area contributed by atoms with Gasteiger partial charge in [-0.3, -0.25) is 0 Å². The van der Waals surface area contributed by atoms with Gasteiger partial charge in [0.15, 0.2) is 11.5 Å². The molecule has 0 amide bonds. The molecular weight excluding hydrogens is 214 g/mol. The van der Waals surface area contributed by atoms with Crippen molar-refractivity contribution in [3.05, 3.63) is 18.6 Å². The fourth-order valence-corrected chi connectivity index (χ4v) is 1.59. The highest BCUT2D eigenvalue weighted by Gasteiger charge is 2.07. The minimum Gasteiger partial charge on any atom is -0.372 e. The second-order valence-electron chi connectivity index (χ2n) is 4.28. The minimum absolute atomic E-state index is 0.630. The Labute approximate surface area is 101 Å². The van der Waals surface area contributed by atoms with Crippen molar-refractivity contribution < 1.29 is 0 Å². The molecule has 0 radical (unpaired) electrons. The normalized spacial score (nSPS) is 12.6. The van der Waals surface area contributed by atoms with Gasteiger partial charge in [-0.2, -0.15) is 0 Å². The van der Waals surface area contributed by atoms with Crippen LogP contribution >= 0.6 is 0 Å². The second kappa shape index (κ2) is 5.03. The van der Waals surface area contributed by atoms with E-state index in [0.717, 1.165) is 30.2 Å². The summed E-state index contributed by atoms with van der Waals surface area (Å²) in [6.45, 7) is 5.33. The van der Waals surface area contributed by atoms with Gasteiger partial charge < -0.3 is 15.0 Å². The van der Waals surface area contributed by atoms with E-state index in [1.54, 1.807) is 6.20 Å². The molecule has 1 unspecified atom stereocenters. The summed E-state index contributed by atoms with van der Waals surface area (Å²) in [5, 5.41) is 6.42. The van der Waals surface area contributed by atoms with Crippen molar-refractivity contribution in [2.45, 2.75) is 20.3 Å². The van der Waals surface area contributed by atoms with Gasteiger partial charge in [0.05, 0.1) is 6.20 Å². The third-order valence-electron chi connectivity index (χ3n) is 2.95. The number of hydrogen-bond acceptors (Lipinski definition) is 4. The third kappa shape index (κ3) is 2.49. The van der Waals surface area contributed by atoms with Crippen LogP contribution in [0.1, 0.15) is 20.3 Å². The molecule has 5 heteroatoms. The van der Waals surface area contributed by atoms with E-state index < -0.39 is 0 Å². The highest BCUT2D eigenvalue weighted by molar-refractivity contribution is 5.65. The van der Waals surface area contributed by atoms with E-state index in [2.05, 4.69) is 34.4 Å². The lowest BCUT2D eigenvalue weighted by molar-refractivity contribution is 0.592. The number of hydrogen-bond donors (Lipinski definition) is 2. The zero-order valence-electron chi connectivity index (χ0n) is 10.6. The molecule has 0 bridgehead atoms. The van der Waals surface area contributed by atoms with E-state index in [1.807, 2.05) is 23.8 Å². The van der Waals surface area contributed by atoms with E-state index in [-0.39, 0.29) is 0 Å². The van der Waals surface area contributed by atoms with Gasteiger partial charge in [-0.15, -0.1) is 0 Å². The molecule has 17 heavy (non-hydrogen) atoms. The van der Waals surface area contributed by atoms with E-state index in [1.165, 1.54) is 0 Å². The summed E-state index contributed by atoms with van der Waals surface area (Å²) in [7, 11) is 1.86. The molecule has 2 rings (SSSR count). The van der Waals surface area contributed by atoms with Crippen LogP contribution < -0.4 is 10.6 Å². The van der Waals surface area contributed by atoms with Crippen LogP contribution in [0.3, 0.4) is 0 Å². The molecule has 2 aromatic heterocycles. The topological polar surface area (TPSA) is 54.2 Å². The molecule has 0 saturated heterocycles. The molecule has 2 aromatic rings. The molecule has 0 fully saturated rings. The maximum Gasteiger partial charge on any atom is 0.180 e. The molecule has 0 spiro atoms. The molecule has 0 saturated carbocycles. The molecule has 0 aliphatic heterocycles. The summed E-state index contributed by atoms with van der Waals surface area (Å²) in [4.78, 5) is 8.80. The fraction of sp³-hybridized carbons (Fsp3) is 0.500. The number of rotatable bonds is 5. The van der Waals surface area contributed by atoms with Crippen LogP contribution in [0.2, 0.25) is 0 Å². The van der Waals surface area contributed by atoms with E-state index >= 15 is 0 Å². The van der Waals surface area contributed by atoms with Crippen LogP contribution in [0.4, 0.5) is 11.6 Å². The smallest absolute Gasteiger partial charge is 0.180 e. The Balaban J connectivity index is 2.27. The first-order valence-corrected chi connectivity index (χ1v) is 6.00. The first-order chi connectivity index (χ1) is 8.24. The number of imidazole rings is 1. The molecule has 92 valence electrons. The summed E-state index contributed by atoms with van der Waals surface area (Å²) < 4.78 is 1.97. The molecule has 0 aliphatic rings. The number of nitrogens with zero attached hydrogens (tertiary/aromatic N) is 3. The summed E-state index contributed by atoms with van der Waals surface area (Å²) in [5.41, 5.74) is 0.868. The van der Waals surface area contributed by atoms with E-state index in [4.69, 9.17) is 0 Å². The Kier molecular flexibility index (Phi) is 3.46. The predicted octanol–water partition coefficient (Wildman–Crippen LogP) is 2.23. The monoisotopic (exact) mass is 233 g/mol. The molecule has 2 heterocycles. The Morgan fingerprint density at radius 2 is 2.29 bits per heavy atom. The number of nitrogens with one attached hydrogen (secondary N) is 2. The maximum absolute atomic E-state index is 4.49. The molecule has 1 atom stereocenters. The first-order valence-electron chi connectivity index (χ1n) is 6.00. The largest absolute Gasteiger partial charge is 0.372 e. The zero-order chi connectivity index (χ0) is 12.3. The van der Waals surface area contributed by atoms with E-state index in [9.17, 15) is 0 Å². The van der Waals surface area contributed by atoms with Crippen LogP contribution in [0.15, 0.2) is 18.6 Å². The Morgan fingerprint density at radius 3 is 3.00 bits per heavy atom. The maximum atomic E-state index is 4.49. The quantitative estimate of drug-likeness (QED) is 0.831. The molecule has 0 aliphatic carbocycles. The van der Waals surface area contributed by atoms with Crippen LogP contribution in [0.25, 0.3) is 5.65 Å². The SMILES string of the molecule is CCC(C)CNc1nc(NC)cn2ccnc12. The van der Waals surface area contributed by atoms with Gasteiger partial charge in [0, 0.05) is 26.0 Å². The molecule has 5 nitrogen and oxygen atoms in total. The second-order valence-corrected chi connectivity index (χ2v) is 4.28. The number of aromatic nitrogens is 3. The van der Waals surface area contributed by atoms with Gasteiger partial charge >= 0.3 is 0 Å². The van der Waals surface area contributed by atoms with Crippen molar-refractivity contribution in [1.29, 1.82) is 0 Å². The standard InChI is InChI=1S/C12H19N5/c1-4-9(2)7-15-11-12-14-5-6-17(12)8-10(13-3)16-11/h5-6,8-9,13H,4,7H2,1-3H3,(H,15,16). The average Bonchev–Trinajstić information content (AvgIpc) is 2.83. The van der Waals surface area contributed by atoms with Gasteiger partial charge in [0.25, 0.3) is 0 Å².